The number of halogens is 1. The van der Waals surface area contributed by atoms with Crippen molar-refractivity contribution in [2.45, 2.75) is 13.8 Å². The summed E-state index contributed by atoms with van der Waals surface area (Å²) in [7, 11) is 0. The molecule has 11 nitrogen and oxygen atoms in total. The van der Waals surface area contributed by atoms with E-state index in [4.69, 9.17) is 11.6 Å². The van der Waals surface area contributed by atoms with Crippen molar-refractivity contribution >= 4 is 40.5 Å². The van der Waals surface area contributed by atoms with Crippen LogP contribution in [0.3, 0.4) is 0 Å². The first-order chi connectivity index (χ1) is 14.1. The Hall–Kier alpha value is -3.99. The summed E-state index contributed by atoms with van der Waals surface area (Å²) in [5.74, 6) is -1.20. The molecule has 2 aromatic carbocycles. The Balaban J connectivity index is 2.00. The number of rotatable bonds is 7. The molecule has 0 bridgehead atoms. The van der Waals surface area contributed by atoms with Gasteiger partial charge >= 0.3 is 0 Å². The van der Waals surface area contributed by atoms with Crippen LogP contribution in [0.5, 0.6) is 0 Å². The first-order valence-corrected chi connectivity index (χ1v) is 8.71. The summed E-state index contributed by atoms with van der Waals surface area (Å²) in [5, 5.41) is 23.9. The zero-order chi connectivity index (χ0) is 22.4. The van der Waals surface area contributed by atoms with Crippen LogP contribution >= 0.6 is 11.6 Å². The summed E-state index contributed by atoms with van der Waals surface area (Å²) in [6.45, 7) is 3.19. The van der Waals surface area contributed by atoms with Crippen molar-refractivity contribution in [2.24, 2.45) is 0 Å². The highest BCUT2D eigenvalue weighted by atomic mass is 35.5. The van der Waals surface area contributed by atoms with Crippen molar-refractivity contribution in [3.63, 3.8) is 0 Å². The van der Waals surface area contributed by atoms with E-state index in [-0.39, 0.29) is 33.3 Å². The molecule has 3 N–H and O–H groups in total. The molecule has 156 valence electrons. The van der Waals surface area contributed by atoms with E-state index in [1.165, 1.54) is 31.2 Å². The number of hydrazine groups is 1. The highest BCUT2D eigenvalue weighted by Crippen LogP contribution is 2.25. The number of nitrogens with zero attached hydrogens (tertiary/aromatic N) is 2. The van der Waals surface area contributed by atoms with E-state index in [0.717, 1.165) is 18.2 Å². The van der Waals surface area contributed by atoms with Gasteiger partial charge in [0.05, 0.1) is 15.5 Å². The summed E-state index contributed by atoms with van der Waals surface area (Å²) >= 11 is 5.77. The van der Waals surface area contributed by atoms with E-state index in [0.29, 0.717) is 5.56 Å². The lowest BCUT2D eigenvalue weighted by molar-refractivity contribution is -0.384. The van der Waals surface area contributed by atoms with Gasteiger partial charge in [0, 0.05) is 35.5 Å². The number of hydrogen-bond acceptors (Lipinski definition) is 7. The number of amides is 2. The van der Waals surface area contributed by atoms with Crippen LogP contribution in [0.4, 0.5) is 17.1 Å². The number of nitrogens with one attached hydrogen (secondary N) is 3. The second-order valence-electron chi connectivity index (χ2n) is 6.08. The SMILES string of the molecule is CC(=CC(=O)Nc1cc([N+](=O)[O-])ccc1C)NNC(=O)c1ccc([N+](=O)[O-])c(Cl)c1. The Labute approximate surface area is 175 Å². The molecule has 30 heavy (non-hydrogen) atoms. The molecule has 0 radical (unpaired) electrons. The van der Waals surface area contributed by atoms with Crippen molar-refractivity contribution in [1.82, 2.24) is 10.9 Å². The van der Waals surface area contributed by atoms with Crippen molar-refractivity contribution in [1.29, 1.82) is 0 Å². The van der Waals surface area contributed by atoms with Crippen molar-refractivity contribution < 1.29 is 19.4 Å². The smallest absolute Gasteiger partial charge is 0.287 e. The molecule has 2 amide bonds. The van der Waals surface area contributed by atoms with Gasteiger partial charge in [-0.1, -0.05) is 17.7 Å². The number of benzene rings is 2. The van der Waals surface area contributed by atoms with E-state index in [2.05, 4.69) is 16.2 Å². The van der Waals surface area contributed by atoms with Crippen LogP contribution in [0.15, 0.2) is 48.2 Å². The Morgan fingerprint density at radius 2 is 1.73 bits per heavy atom. The molecule has 0 saturated carbocycles. The second-order valence-corrected chi connectivity index (χ2v) is 6.48. The van der Waals surface area contributed by atoms with Gasteiger partial charge < -0.3 is 10.7 Å². The van der Waals surface area contributed by atoms with Gasteiger partial charge in [0.25, 0.3) is 17.3 Å². The van der Waals surface area contributed by atoms with E-state index < -0.39 is 21.7 Å². The first-order valence-electron chi connectivity index (χ1n) is 8.33. The molecule has 0 aliphatic heterocycles. The zero-order valence-corrected chi connectivity index (χ0v) is 16.5. The molecule has 12 heteroatoms. The van der Waals surface area contributed by atoms with Crippen LogP contribution in [0.25, 0.3) is 0 Å². The number of allylic oxidation sites excluding steroid dienone is 1. The number of non-ortho nitro benzene ring substituents is 1. The lowest BCUT2D eigenvalue weighted by Crippen LogP contribution is -2.36. The average Bonchev–Trinajstić information content (AvgIpc) is 2.67. The number of nitro groups is 2. The largest absolute Gasteiger partial charge is 0.322 e. The van der Waals surface area contributed by atoms with Gasteiger partial charge in [-0.2, -0.15) is 0 Å². The molecule has 0 heterocycles. The average molecular weight is 434 g/mol. The summed E-state index contributed by atoms with van der Waals surface area (Å²) in [5.41, 5.74) is 5.60. The van der Waals surface area contributed by atoms with Gasteiger partial charge in [0.15, 0.2) is 0 Å². The minimum absolute atomic E-state index is 0.0718. The molecular weight excluding hydrogens is 418 g/mol. The van der Waals surface area contributed by atoms with Crippen molar-refractivity contribution in [2.75, 3.05) is 5.32 Å². The van der Waals surface area contributed by atoms with Crippen LogP contribution in [-0.4, -0.2) is 21.7 Å². The zero-order valence-electron chi connectivity index (χ0n) is 15.8. The van der Waals surface area contributed by atoms with Crippen LogP contribution in [0, 0.1) is 27.2 Å². The molecular formula is C18H16ClN5O6. The minimum Gasteiger partial charge on any atom is -0.322 e. The fourth-order valence-electron chi connectivity index (χ4n) is 2.28. The molecule has 2 aromatic rings. The number of carbonyl (C=O) groups excluding carboxylic acids is 2. The van der Waals surface area contributed by atoms with Gasteiger partial charge in [-0.3, -0.25) is 35.2 Å². The number of aryl methyl sites for hydroxylation is 1. The van der Waals surface area contributed by atoms with Crippen LogP contribution in [0.2, 0.25) is 5.02 Å². The number of carbonyl (C=O) groups is 2. The summed E-state index contributed by atoms with van der Waals surface area (Å²) in [6, 6.07) is 7.57. The maximum absolute atomic E-state index is 12.1. The normalized spacial score (nSPS) is 10.8. The molecule has 0 fully saturated rings. The molecule has 0 saturated heterocycles. The summed E-state index contributed by atoms with van der Waals surface area (Å²) in [6.07, 6.45) is 1.14. The quantitative estimate of drug-likeness (QED) is 0.343. The van der Waals surface area contributed by atoms with Gasteiger partial charge in [-0.05, 0) is 31.5 Å². The van der Waals surface area contributed by atoms with Crippen molar-refractivity contribution in [3.8, 4) is 0 Å². The molecule has 0 aliphatic rings. The predicted octanol–water partition coefficient (Wildman–Crippen LogP) is 3.24. The van der Waals surface area contributed by atoms with Crippen LogP contribution < -0.4 is 16.2 Å². The fourth-order valence-corrected chi connectivity index (χ4v) is 2.53. The number of anilines is 1. The van der Waals surface area contributed by atoms with Gasteiger partial charge in [0.2, 0.25) is 5.91 Å². The van der Waals surface area contributed by atoms with E-state index in [1.54, 1.807) is 6.92 Å². The third kappa shape index (κ3) is 5.75. The molecule has 0 atom stereocenters. The minimum atomic E-state index is -0.670. The maximum Gasteiger partial charge on any atom is 0.287 e. The van der Waals surface area contributed by atoms with E-state index in [9.17, 15) is 29.8 Å². The van der Waals surface area contributed by atoms with Crippen LogP contribution in [-0.2, 0) is 4.79 Å². The first kappa shape index (κ1) is 22.3. The summed E-state index contributed by atoms with van der Waals surface area (Å²) in [4.78, 5) is 44.6. The third-order valence-electron chi connectivity index (χ3n) is 3.82. The van der Waals surface area contributed by atoms with Crippen molar-refractivity contribution in [3.05, 3.63) is 84.5 Å². The Morgan fingerprint density at radius 1 is 1.03 bits per heavy atom. The van der Waals surface area contributed by atoms with E-state index in [1.807, 2.05) is 0 Å². The Bertz CT molecular complexity index is 1070. The lowest BCUT2D eigenvalue weighted by Gasteiger charge is -2.10. The highest BCUT2D eigenvalue weighted by Gasteiger charge is 2.15. The Kier molecular flexibility index (Phi) is 7.04. The van der Waals surface area contributed by atoms with E-state index >= 15 is 0 Å². The number of hydrogen-bond donors (Lipinski definition) is 3. The molecule has 0 unspecified atom stereocenters. The predicted molar refractivity (Wildman–Crippen MR) is 109 cm³/mol. The third-order valence-corrected chi connectivity index (χ3v) is 4.12. The van der Waals surface area contributed by atoms with Gasteiger partial charge in [0.1, 0.15) is 5.02 Å². The fraction of sp³-hybridized carbons (Fsp3) is 0.111. The molecule has 2 rings (SSSR count). The standard InChI is InChI=1S/C18H16ClN5O6/c1-10-3-5-13(23(27)28)9-15(10)20-17(25)7-11(2)21-22-18(26)12-4-6-16(24(29)30)14(19)8-12/h3-9,21H,1-2H3,(H,20,25)(H,22,26). The monoisotopic (exact) mass is 433 g/mol. The lowest BCUT2D eigenvalue weighted by atomic mass is 10.2. The highest BCUT2D eigenvalue weighted by molar-refractivity contribution is 6.33. The Morgan fingerprint density at radius 3 is 2.33 bits per heavy atom. The summed E-state index contributed by atoms with van der Waals surface area (Å²) < 4.78 is 0. The topological polar surface area (TPSA) is 157 Å². The maximum atomic E-state index is 12.1. The molecule has 0 aliphatic carbocycles. The van der Waals surface area contributed by atoms with Gasteiger partial charge in [-0.15, -0.1) is 0 Å². The molecule has 0 aromatic heterocycles. The van der Waals surface area contributed by atoms with Gasteiger partial charge in [-0.25, -0.2) is 0 Å². The molecule has 0 spiro atoms. The van der Waals surface area contributed by atoms with Crippen LogP contribution in [0.1, 0.15) is 22.8 Å². The second kappa shape index (κ2) is 9.47. The number of nitro benzene ring substituents is 2.